The highest BCUT2D eigenvalue weighted by Gasteiger charge is 2.06. The van der Waals surface area contributed by atoms with Crippen LogP contribution in [-0.2, 0) is 0 Å². The summed E-state index contributed by atoms with van der Waals surface area (Å²) in [5, 5.41) is 0. The highest BCUT2D eigenvalue weighted by atomic mass is 14.1. The van der Waals surface area contributed by atoms with Crippen LogP contribution >= 0.6 is 0 Å². The van der Waals surface area contributed by atoms with Gasteiger partial charge in [0.25, 0.3) is 0 Å². The minimum Gasteiger partial charge on any atom is -0.0988 e. The van der Waals surface area contributed by atoms with Crippen LogP contribution in [0.2, 0.25) is 0 Å². The molecule has 0 aliphatic rings. The average Bonchev–Trinajstić information content (AvgIpc) is 2.38. The summed E-state index contributed by atoms with van der Waals surface area (Å²) >= 11 is 0. The smallest absolute Gasteiger partial charge is 0.0285 e. The molecule has 0 aromatic heterocycles. The van der Waals surface area contributed by atoms with E-state index in [-0.39, 0.29) is 0 Å². The molecule has 0 heterocycles. The van der Waals surface area contributed by atoms with E-state index in [4.69, 9.17) is 0 Å². The normalized spacial score (nSPS) is 14.2. The molecule has 0 heteroatoms. The Morgan fingerprint density at radius 3 is 1.70 bits per heavy atom. The fourth-order valence-electron chi connectivity index (χ4n) is 2.76. The largest absolute Gasteiger partial charge is 0.0988 e. The highest BCUT2D eigenvalue weighted by Crippen LogP contribution is 2.21. The van der Waals surface area contributed by atoms with Crippen molar-refractivity contribution in [1.29, 1.82) is 0 Å². The molecule has 0 saturated carbocycles. The number of hydrogen-bond acceptors (Lipinski definition) is 0. The predicted molar refractivity (Wildman–Crippen MR) is 94.1 cm³/mol. The van der Waals surface area contributed by atoms with Crippen LogP contribution in [0.1, 0.15) is 85.5 Å². The van der Waals surface area contributed by atoms with Gasteiger partial charge in [-0.25, -0.2) is 0 Å². The molecule has 0 spiro atoms. The molecule has 0 bridgehead atoms. The molecule has 0 amide bonds. The Bertz CT molecular complexity index is 249. The molecule has 0 radical (unpaired) electrons. The quantitative estimate of drug-likeness (QED) is 0.313. The summed E-state index contributed by atoms with van der Waals surface area (Å²) < 4.78 is 0. The molecule has 0 aliphatic carbocycles. The maximum absolute atomic E-state index is 3.98. The van der Waals surface area contributed by atoms with Gasteiger partial charge < -0.3 is 0 Å². The van der Waals surface area contributed by atoms with E-state index >= 15 is 0 Å². The maximum Gasteiger partial charge on any atom is -0.0285 e. The Morgan fingerprint density at radius 2 is 1.25 bits per heavy atom. The first kappa shape index (κ1) is 19.5. The summed E-state index contributed by atoms with van der Waals surface area (Å²) in [6, 6.07) is 0. The van der Waals surface area contributed by atoms with Crippen LogP contribution in [0.5, 0.6) is 0 Å². The van der Waals surface area contributed by atoms with Gasteiger partial charge in [-0.3, -0.25) is 0 Å². The van der Waals surface area contributed by atoms with Crippen molar-refractivity contribution < 1.29 is 0 Å². The lowest BCUT2D eigenvalue weighted by Crippen LogP contribution is -2.00. The van der Waals surface area contributed by atoms with Crippen molar-refractivity contribution in [3.63, 3.8) is 0 Å². The first-order valence-corrected chi connectivity index (χ1v) is 8.75. The molecule has 0 aliphatic heterocycles. The van der Waals surface area contributed by atoms with Gasteiger partial charge in [0.1, 0.15) is 0 Å². The van der Waals surface area contributed by atoms with Gasteiger partial charge in [-0.1, -0.05) is 97.4 Å². The lowest BCUT2D eigenvalue weighted by atomic mass is 9.91. The first-order valence-electron chi connectivity index (χ1n) is 8.75. The third kappa shape index (κ3) is 12.5. The third-order valence-corrected chi connectivity index (χ3v) is 4.36. The number of hydrogen-bond donors (Lipinski definition) is 0. The lowest BCUT2D eigenvalue weighted by molar-refractivity contribution is 0.389. The van der Waals surface area contributed by atoms with Crippen LogP contribution in [0.4, 0.5) is 0 Å². The number of rotatable bonds is 13. The molecule has 0 rings (SSSR count). The highest BCUT2D eigenvalue weighted by molar-refractivity contribution is 5.10. The van der Waals surface area contributed by atoms with Gasteiger partial charge >= 0.3 is 0 Å². The van der Waals surface area contributed by atoms with Crippen molar-refractivity contribution in [2.75, 3.05) is 0 Å². The second-order valence-electron chi connectivity index (χ2n) is 7.22. The van der Waals surface area contributed by atoms with E-state index in [0.717, 1.165) is 24.2 Å². The van der Waals surface area contributed by atoms with Gasteiger partial charge in [0.05, 0.1) is 0 Å². The van der Waals surface area contributed by atoms with Crippen molar-refractivity contribution in [3.8, 4) is 0 Å². The summed E-state index contributed by atoms with van der Waals surface area (Å²) in [6.07, 6.45) is 14.1. The van der Waals surface area contributed by atoms with Crippen molar-refractivity contribution in [2.24, 2.45) is 17.8 Å². The zero-order chi connectivity index (χ0) is 15.4. The Kier molecular flexibility index (Phi) is 11.9. The molecular weight excluding hydrogens is 240 g/mol. The van der Waals surface area contributed by atoms with Gasteiger partial charge in [0, 0.05) is 0 Å². The summed E-state index contributed by atoms with van der Waals surface area (Å²) in [5.74, 6) is 2.66. The van der Waals surface area contributed by atoms with E-state index in [9.17, 15) is 0 Å². The van der Waals surface area contributed by atoms with Crippen LogP contribution in [-0.4, -0.2) is 0 Å². The monoisotopic (exact) mass is 278 g/mol. The molecular formula is C20H38. The predicted octanol–water partition coefficient (Wildman–Crippen LogP) is 7.17. The minimum absolute atomic E-state index is 0.868. The van der Waals surface area contributed by atoms with Gasteiger partial charge in [0.2, 0.25) is 0 Å². The zero-order valence-corrected chi connectivity index (χ0v) is 14.6. The Hall–Kier alpha value is -0.520. The number of allylic oxidation sites excluding steroid dienone is 2. The van der Waals surface area contributed by atoms with E-state index in [1.165, 1.54) is 56.9 Å². The topological polar surface area (TPSA) is 0 Å². The first-order chi connectivity index (χ1) is 9.45. The fraction of sp³-hybridized carbons (Fsp3) is 0.800. The van der Waals surface area contributed by atoms with Gasteiger partial charge in [-0.05, 0) is 30.6 Å². The van der Waals surface area contributed by atoms with E-state index < -0.39 is 0 Å². The fourth-order valence-corrected chi connectivity index (χ4v) is 2.76. The molecule has 2 atom stereocenters. The Labute approximate surface area is 128 Å². The van der Waals surface area contributed by atoms with Crippen LogP contribution in [0.15, 0.2) is 24.8 Å². The SMILES string of the molecule is C=CC(=C)CCC[C@H](C)CCC[C@H](C)CCCC(C)C. The molecule has 0 unspecified atom stereocenters. The molecule has 118 valence electrons. The van der Waals surface area contributed by atoms with E-state index in [0.29, 0.717) is 0 Å². The standard InChI is InChI=1S/C20H38/c1-7-18(4)12-9-14-20(6)16-10-15-19(5)13-8-11-17(2)3/h7,17,19-20H,1,4,8-16H2,2-3,5-6H3/t19-,20+/m1/s1. The van der Waals surface area contributed by atoms with E-state index in [1.807, 2.05) is 6.08 Å². The minimum atomic E-state index is 0.868. The zero-order valence-electron chi connectivity index (χ0n) is 14.6. The maximum atomic E-state index is 3.98. The molecule has 0 nitrogen and oxygen atoms in total. The Balaban J connectivity index is 3.47. The van der Waals surface area contributed by atoms with Crippen molar-refractivity contribution in [1.82, 2.24) is 0 Å². The molecule has 20 heavy (non-hydrogen) atoms. The molecule has 0 saturated heterocycles. The third-order valence-electron chi connectivity index (χ3n) is 4.36. The van der Waals surface area contributed by atoms with Crippen LogP contribution < -0.4 is 0 Å². The second kappa shape index (κ2) is 12.2. The molecule has 0 aromatic rings. The summed E-state index contributed by atoms with van der Waals surface area (Å²) in [5.41, 5.74) is 1.19. The van der Waals surface area contributed by atoms with Gasteiger partial charge in [-0.2, -0.15) is 0 Å². The van der Waals surface area contributed by atoms with Crippen LogP contribution in [0, 0.1) is 17.8 Å². The lowest BCUT2D eigenvalue weighted by Gasteiger charge is -2.15. The molecule has 0 N–H and O–H groups in total. The summed E-state index contributed by atoms with van der Waals surface area (Å²) in [7, 11) is 0. The van der Waals surface area contributed by atoms with Crippen molar-refractivity contribution >= 4 is 0 Å². The molecule has 0 aromatic carbocycles. The summed E-state index contributed by atoms with van der Waals surface area (Å²) in [4.78, 5) is 0. The molecule has 0 fully saturated rings. The van der Waals surface area contributed by atoms with Gasteiger partial charge in [0.15, 0.2) is 0 Å². The van der Waals surface area contributed by atoms with Gasteiger partial charge in [-0.15, -0.1) is 0 Å². The van der Waals surface area contributed by atoms with Crippen molar-refractivity contribution in [2.45, 2.75) is 85.5 Å². The second-order valence-corrected chi connectivity index (χ2v) is 7.22. The summed E-state index contributed by atoms with van der Waals surface area (Å²) in [6.45, 7) is 17.2. The van der Waals surface area contributed by atoms with E-state index in [1.54, 1.807) is 0 Å². The van der Waals surface area contributed by atoms with E-state index in [2.05, 4.69) is 40.9 Å². The van der Waals surface area contributed by atoms with Crippen molar-refractivity contribution in [3.05, 3.63) is 24.8 Å². The average molecular weight is 279 g/mol. The Morgan fingerprint density at radius 1 is 0.800 bits per heavy atom. The van der Waals surface area contributed by atoms with Crippen LogP contribution in [0.3, 0.4) is 0 Å². The van der Waals surface area contributed by atoms with Crippen LogP contribution in [0.25, 0.3) is 0 Å².